The minimum Gasteiger partial charge on any atom is -0.323 e. The second-order valence-electron chi connectivity index (χ2n) is 6.52. The number of fused-ring (bicyclic) bond motifs is 1. The van der Waals surface area contributed by atoms with Crippen molar-refractivity contribution in [3.8, 4) is 5.82 Å². The van der Waals surface area contributed by atoms with Crippen LogP contribution in [0.4, 0.5) is 17.6 Å². The predicted molar refractivity (Wildman–Crippen MR) is 88.6 cm³/mol. The zero-order valence-corrected chi connectivity index (χ0v) is 14.0. The third-order valence-corrected chi connectivity index (χ3v) is 4.56. The number of halogens is 4. The van der Waals surface area contributed by atoms with Gasteiger partial charge in [-0.15, -0.1) is 5.10 Å². The van der Waals surface area contributed by atoms with Crippen molar-refractivity contribution >= 4 is 0 Å². The summed E-state index contributed by atoms with van der Waals surface area (Å²) in [6.07, 6.45) is -1.41. The summed E-state index contributed by atoms with van der Waals surface area (Å²) >= 11 is 0. The van der Waals surface area contributed by atoms with Crippen molar-refractivity contribution in [2.75, 3.05) is 0 Å². The molecule has 5 nitrogen and oxygen atoms in total. The summed E-state index contributed by atoms with van der Waals surface area (Å²) in [5, 5.41) is 8.17. The van der Waals surface area contributed by atoms with Crippen molar-refractivity contribution in [2.24, 2.45) is 5.73 Å². The van der Waals surface area contributed by atoms with Crippen molar-refractivity contribution in [3.05, 3.63) is 70.4 Å². The van der Waals surface area contributed by atoms with Gasteiger partial charge < -0.3 is 5.73 Å². The molecule has 0 fully saturated rings. The summed E-state index contributed by atoms with van der Waals surface area (Å²) in [6, 6.07) is 5.77. The third-order valence-electron chi connectivity index (χ3n) is 4.56. The second-order valence-corrected chi connectivity index (χ2v) is 6.52. The molecule has 0 spiro atoms. The van der Waals surface area contributed by atoms with Gasteiger partial charge in [0.2, 0.25) is 0 Å². The molecule has 140 valence electrons. The smallest absolute Gasteiger partial charge is 0.323 e. The number of hydrogen-bond donors (Lipinski definition) is 1. The monoisotopic (exact) mass is 377 g/mol. The largest absolute Gasteiger partial charge is 0.416 e. The molecule has 3 aromatic rings. The molecule has 2 N–H and O–H groups in total. The lowest BCUT2D eigenvalue weighted by Crippen LogP contribution is -2.07. The van der Waals surface area contributed by atoms with E-state index in [1.165, 1.54) is 6.20 Å². The Kier molecular flexibility index (Phi) is 4.18. The maximum absolute atomic E-state index is 13.6. The highest BCUT2D eigenvalue weighted by molar-refractivity contribution is 5.36. The number of nitrogens with two attached hydrogens (primary N) is 1. The van der Waals surface area contributed by atoms with E-state index in [1.807, 2.05) is 0 Å². The molecule has 0 amide bonds. The van der Waals surface area contributed by atoms with Crippen LogP contribution in [0.1, 0.15) is 40.5 Å². The Morgan fingerprint density at radius 3 is 2.74 bits per heavy atom. The summed E-state index contributed by atoms with van der Waals surface area (Å²) in [7, 11) is 0. The molecule has 0 aliphatic heterocycles. The third kappa shape index (κ3) is 3.42. The molecular formula is C18H15F4N5. The fraction of sp³-hybridized carbons (Fsp3) is 0.278. The minimum atomic E-state index is -4.60. The first kappa shape index (κ1) is 17.6. The van der Waals surface area contributed by atoms with Gasteiger partial charge in [0.05, 0.1) is 17.3 Å². The van der Waals surface area contributed by atoms with Gasteiger partial charge in [0, 0.05) is 6.20 Å². The van der Waals surface area contributed by atoms with Gasteiger partial charge in [0.25, 0.3) is 0 Å². The van der Waals surface area contributed by atoms with Crippen molar-refractivity contribution in [1.29, 1.82) is 0 Å². The molecule has 9 heteroatoms. The molecule has 1 aliphatic carbocycles. The van der Waals surface area contributed by atoms with Crippen molar-refractivity contribution in [2.45, 2.75) is 31.5 Å². The van der Waals surface area contributed by atoms with E-state index < -0.39 is 17.6 Å². The molecule has 0 saturated heterocycles. The first-order valence-corrected chi connectivity index (χ1v) is 8.33. The van der Waals surface area contributed by atoms with Crippen LogP contribution in [0, 0.1) is 5.82 Å². The molecule has 2 heterocycles. The van der Waals surface area contributed by atoms with E-state index in [0.717, 1.165) is 36.4 Å². The number of nitrogens with zero attached hydrogens (tertiary/aromatic N) is 4. The highest BCUT2D eigenvalue weighted by Crippen LogP contribution is 2.31. The van der Waals surface area contributed by atoms with E-state index >= 15 is 0 Å². The Bertz CT molecular complexity index is 996. The van der Waals surface area contributed by atoms with Crippen LogP contribution < -0.4 is 5.73 Å². The van der Waals surface area contributed by atoms with E-state index in [0.29, 0.717) is 17.4 Å². The van der Waals surface area contributed by atoms with E-state index in [2.05, 4.69) is 15.3 Å². The van der Waals surface area contributed by atoms with E-state index in [-0.39, 0.29) is 18.0 Å². The van der Waals surface area contributed by atoms with Gasteiger partial charge in [-0.05, 0) is 60.7 Å². The van der Waals surface area contributed by atoms with Gasteiger partial charge in [0.15, 0.2) is 5.82 Å². The standard InChI is InChI=1S/C18H15F4N5/c19-13-7-11(6-12(9-13)18(20,21)22)5-10-3-4-24-16(8-10)27-15-2-1-14(23)17(15)25-26-27/h3-4,6-9,14H,1-2,5,23H2. The van der Waals surface area contributed by atoms with Crippen LogP contribution in [-0.2, 0) is 19.0 Å². The number of alkyl halides is 3. The van der Waals surface area contributed by atoms with E-state index in [1.54, 1.807) is 16.8 Å². The molecule has 1 unspecified atom stereocenters. The van der Waals surface area contributed by atoms with Crippen molar-refractivity contribution in [1.82, 2.24) is 20.0 Å². The highest BCUT2D eigenvalue weighted by Gasteiger charge is 2.31. The average molecular weight is 377 g/mol. The number of benzene rings is 1. The average Bonchev–Trinajstić information content (AvgIpc) is 3.17. The minimum absolute atomic E-state index is 0.132. The van der Waals surface area contributed by atoms with Crippen molar-refractivity contribution in [3.63, 3.8) is 0 Å². The summed E-state index contributed by atoms with van der Waals surface area (Å²) in [6.45, 7) is 0. The Labute approximate surface area is 151 Å². The number of rotatable bonds is 3. The van der Waals surface area contributed by atoms with Crippen LogP contribution >= 0.6 is 0 Å². The first-order chi connectivity index (χ1) is 12.8. The zero-order valence-electron chi connectivity index (χ0n) is 14.0. The lowest BCUT2D eigenvalue weighted by atomic mass is 10.0. The van der Waals surface area contributed by atoms with Crippen LogP contribution in [0.2, 0.25) is 0 Å². The molecule has 4 rings (SSSR count). The van der Waals surface area contributed by atoms with Gasteiger partial charge in [-0.1, -0.05) is 5.21 Å². The molecule has 1 atom stereocenters. The predicted octanol–water partition coefficient (Wildman–Crippen LogP) is 3.36. The summed E-state index contributed by atoms with van der Waals surface area (Å²) < 4.78 is 53.9. The highest BCUT2D eigenvalue weighted by atomic mass is 19.4. The molecule has 2 aromatic heterocycles. The molecular weight excluding hydrogens is 362 g/mol. The van der Waals surface area contributed by atoms with Gasteiger partial charge in [-0.3, -0.25) is 0 Å². The molecule has 0 radical (unpaired) electrons. The first-order valence-electron chi connectivity index (χ1n) is 8.33. The normalized spacial score (nSPS) is 16.6. The summed E-state index contributed by atoms with van der Waals surface area (Å²) in [4.78, 5) is 4.27. The fourth-order valence-corrected chi connectivity index (χ4v) is 3.29. The molecule has 1 aliphatic rings. The van der Waals surface area contributed by atoms with Gasteiger partial charge in [0.1, 0.15) is 11.5 Å². The lowest BCUT2D eigenvalue weighted by molar-refractivity contribution is -0.137. The van der Waals surface area contributed by atoms with E-state index in [9.17, 15) is 17.6 Å². The quantitative estimate of drug-likeness (QED) is 0.711. The van der Waals surface area contributed by atoms with E-state index in [4.69, 9.17) is 5.73 Å². The maximum atomic E-state index is 13.6. The lowest BCUT2D eigenvalue weighted by Gasteiger charge is -2.10. The van der Waals surface area contributed by atoms with Crippen LogP contribution in [-0.4, -0.2) is 20.0 Å². The van der Waals surface area contributed by atoms with Gasteiger partial charge in [-0.25, -0.2) is 9.37 Å². The topological polar surface area (TPSA) is 69.6 Å². The number of hydrogen-bond acceptors (Lipinski definition) is 4. The Hall–Kier alpha value is -2.81. The molecule has 0 bridgehead atoms. The fourth-order valence-electron chi connectivity index (χ4n) is 3.29. The summed E-state index contributed by atoms with van der Waals surface area (Å²) in [5.74, 6) is -0.417. The maximum Gasteiger partial charge on any atom is 0.416 e. The molecule has 0 saturated carbocycles. The summed E-state index contributed by atoms with van der Waals surface area (Å²) in [5.41, 5.74) is 7.50. The van der Waals surface area contributed by atoms with Gasteiger partial charge >= 0.3 is 6.18 Å². The Balaban J connectivity index is 1.65. The SMILES string of the molecule is NC1CCc2c1nnn2-c1cc(Cc2cc(F)cc(C(F)(F)F)c2)ccn1. The number of aromatic nitrogens is 4. The number of pyridine rings is 1. The zero-order chi connectivity index (χ0) is 19.2. The Morgan fingerprint density at radius 1 is 1.15 bits per heavy atom. The van der Waals surface area contributed by atoms with Gasteiger partial charge in [-0.2, -0.15) is 17.9 Å². The van der Waals surface area contributed by atoms with Crippen LogP contribution in [0.5, 0.6) is 0 Å². The molecule has 1 aromatic carbocycles. The van der Waals surface area contributed by atoms with Crippen molar-refractivity contribution < 1.29 is 17.6 Å². The second kappa shape index (κ2) is 6.41. The van der Waals surface area contributed by atoms with Crippen LogP contribution in [0.25, 0.3) is 5.82 Å². The molecule has 27 heavy (non-hydrogen) atoms. The van der Waals surface area contributed by atoms with Crippen LogP contribution in [0.15, 0.2) is 36.5 Å². The van der Waals surface area contributed by atoms with Crippen LogP contribution in [0.3, 0.4) is 0 Å². The Morgan fingerprint density at radius 2 is 1.96 bits per heavy atom.